The monoisotopic (exact) mass is 328 g/mol. The fraction of sp³-hybridized carbons (Fsp3) is 0.667. The molecule has 4 nitrogen and oxygen atoms in total. The van der Waals surface area contributed by atoms with E-state index in [0.717, 1.165) is 25.1 Å². The summed E-state index contributed by atoms with van der Waals surface area (Å²) in [7, 11) is -0.879. The van der Waals surface area contributed by atoms with Gasteiger partial charge in [-0.05, 0) is 46.6 Å². The van der Waals surface area contributed by atoms with Crippen LogP contribution >= 0.6 is 0 Å². The zero-order valence-corrected chi connectivity index (χ0v) is 13.6. The number of pyridine rings is 1. The van der Waals surface area contributed by atoms with Gasteiger partial charge in [-0.3, -0.25) is 0 Å². The topological polar surface area (TPSA) is 43.4 Å². The maximum Gasteiger partial charge on any atom is 0.498 e. The SMILES string of the molecule is CC1(C)OB(c2cc(C(F)(F)F)cnc2NC2CC2)OC1(C)C. The first-order valence-electron chi connectivity index (χ1n) is 7.69. The number of halogens is 3. The van der Waals surface area contributed by atoms with Crippen LogP contribution in [-0.4, -0.2) is 29.3 Å². The molecule has 2 fully saturated rings. The van der Waals surface area contributed by atoms with E-state index in [1.165, 1.54) is 0 Å². The van der Waals surface area contributed by atoms with Crippen molar-refractivity contribution < 1.29 is 22.5 Å². The predicted molar refractivity (Wildman–Crippen MR) is 81.6 cm³/mol. The van der Waals surface area contributed by atoms with Crippen LogP contribution in [0.4, 0.5) is 19.0 Å². The Labute approximate surface area is 133 Å². The molecular formula is C15H20BF3N2O2. The molecule has 0 amide bonds. The number of rotatable bonds is 3. The van der Waals surface area contributed by atoms with Crippen molar-refractivity contribution in [1.82, 2.24) is 4.98 Å². The summed E-state index contributed by atoms with van der Waals surface area (Å²) in [6.45, 7) is 7.45. The lowest BCUT2D eigenvalue weighted by molar-refractivity contribution is -0.137. The molecule has 1 saturated heterocycles. The summed E-state index contributed by atoms with van der Waals surface area (Å²) in [5, 5.41) is 3.16. The van der Waals surface area contributed by atoms with Crippen LogP contribution in [0.2, 0.25) is 0 Å². The van der Waals surface area contributed by atoms with E-state index in [0.29, 0.717) is 11.3 Å². The van der Waals surface area contributed by atoms with Crippen LogP contribution in [0.5, 0.6) is 0 Å². The van der Waals surface area contributed by atoms with Crippen molar-refractivity contribution >= 4 is 18.4 Å². The molecule has 0 spiro atoms. The second-order valence-corrected chi connectivity index (χ2v) is 7.17. The highest BCUT2D eigenvalue weighted by Crippen LogP contribution is 2.38. The summed E-state index contributed by atoms with van der Waals surface area (Å²) in [5.41, 5.74) is -1.75. The van der Waals surface area contributed by atoms with Crippen LogP contribution in [0, 0.1) is 0 Å². The van der Waals surface area contributed by atoms with Gasteiger partial charge in [0.15, 0.2) is 0 Å². The zero-order chi connectivity index (χ0) is 17.0. The van der Waals surface area contributed by atoms with E-state index in [1.54, 1.807) is 0 Å². The lowest BCUT2D eigenvalue weighted by Gasteiger charge is -2.32. The minimum Gasteiger partial charge on any atom is -0.399 e. The van der Waals surface area contributed by atoms with Crippen molar-refractivity contribution in [2.45, 2.75) is 64.0 Å². The van der Waals surface area contributed by atoms with Crippen LogP contribution in [0.25, 0.3) is 0 Å². The molecule has 3 rings (SSSR count). The Morgan fingerprint density at radius 1 is 1.17 bits per heavy atom. The van der Waals surface area contributed by atoms with E-state index in [9.17, 15) is 13.2 Å². The second-order valence-electron chi connectivity index (χ2n) is 7.17. The third kappa shape index (κ3) is 3.19. The quantitative estimate of drug-likeness (QED) is 0.867. The summed E-state index contributed by atoms with van der Waals surface area (Å²) >= 11 is 0. The van der Waals surface area contributed by atoms with Crippen molar-refractivity contribution in [3.05, 3.63) is 17.8 Å². The first-order chi connectivity index (χ1) is 10.5. The van der Waals surface area contributed by atoms with E-state index in [-0.39, 0.29) is 6.04 Å². The summed E-state index contributed by atoms with van der Waals surface area (Å²) in [4.78, 5) is 3.97. The average Bonchev–Trinajstić information content (AvgIpc) is 3.16. The normalized spacial score (nSPS) is 23.2. The number of nitrogens with zero attached hydrogens (tertiary/aromatic N) is 1. The zero-order valence-electron chi connectivity index (χ0n) is 13.6. The maximum atomic E-state index is 13.0. The van der Waals surface area contributed by atoms with Gasteiger partial charge in [0.05, 0.1) is 16.8 Å². The van der Waals surface area contributed by atoms with Gasteiger partial charge in [0.1, 0.15) is 5.82 Å². The summed E-state index contributed by atoms with van der Waals surface area (Å²) < 4.78 is 50.9. The Kier molecular flexibility index (Phi) is 3.68. The number of anilines is 1. The molecule has 1 aromatic rings. The van der Waals surface area contributed by atoms with E-state index < -0.39 is 30.1 Å². The summed E-state index contributed by atoms with van der Waals surface area (Å²) in [6.07, 6.45) is -1.63. The Bertz CT molecular complexity index is 599. The molecule has 1 aliphatic carbocycles. The predicted octanol–water partition coefficient (Wildman–Crippen LogP) is 2.97. The van der Waals surface area contributed by atoms with Gasteiger partial charge < -0.3 is 14.6 Å². The molecule has 2 heterocycles. The smallest absolute Gasteiger partial charge is 0.399 e. The Morgan fingerprint density at radius 2 is 1.74 bits per heavy atom. The fourth-order valence-electron chi connectivity index (χ4n) is 2.33. The molecule has 0 bridgehead atoms. The highest BCUT2D eigenvalue weighted by Gasteiger charge is 2.53. The third-order valence-corrected chi connectivity index (χ3v) is 4.67. The average molecular weight is 328 g/mol. The summed E-state index contributed by atoms with van der Waals surface area (Å²) in [6, 6.07) is 1.33. The molecule has 1 aliphatic heterocycles. The van der Waals surface area contributed by atoms with Crippen LogP contribution in [0.1, 0.15) is 46.1 Å². The Hall–Kier alpha value is -1.28. The highest BCUT2D eigenvalue weighted by atomic mass is 19.4. The third-order valence-electron chi connectivity index (χ3n) is 4.67. The summed E-state index contributed by atoms with van der Waals surface area (Å²) in [5.74, 6) is 0.402. The fourth-order valence-corrected chi connectivity index (χ4v) is 2.33. The van der Waals surface area contributed by atoms with Gasteiger partial charge in [-0.15, -0.1) is 0 Å². The van der Waals surface area contributed by atoms with Crippen LogP contribution in [-0.2, 0) is 15.5 Å². The number of hydrogen-bond donors (Lipinski definition) is 1. The first kappa shape index (κ1) is 16.6. The van der Waals surface area contributed by atoms with Crippen molar-refractivity contribution in [1.29, 1.82) is 0 Å². The number of hydrogen-bond acceptors (Lipinski definition) is 4. The van der Waals surface area contributed by atoms with Crippen LogP contribution in [0.15, 0.2) is 12.3 Å². The van der Waals surface area contributed by atoms with E-state index >= 15 is 0 Å². The van der Waals surface area contributed by atoms with Crippen molar-refractivity contribution in [3.63, 3.8) is 0 Å². The van der Waals surface area contributed by atoms with Gasteiger partial charge in [0.25, 0.3) is 0 Å². The molecule has 2 aliphatic rings. The Morgan fingerprint density at radius 3 is 2.22 bits per heavy atom. The minimum atomic E-state index is -4.45. The number of aromatic nitrogens is 1. The molecule has 126 valence electrons. The highest BCUT2D eigenvalue weighted by molar-refractivity contribution is 6.63. The van der Waals surface area contributed by atoms with Gasteiger partial charge in [-0.1, -0.05) is 0 Å². The van der Waals surface area contributed by atoms with E-state index in [2.05, 4.69) is 10.3 Å². The van der Waals surface area contributed by atoms with Gasteiger partial charge >= 0.3 is 13.3 Å². The van der Waals surface area contributed by atoms with Crippen LogP contribution in [0.3, 0.4) is 0 Å². The molecular weight excluding hydrogens is 308 g/mol. The lowest BCUT2D eigenvalue weighted by atomic mass is 9.78. The lowest BCUT2D eigenvalue weighted by Crippen LogP contribution is -2.41. The largest absolute Gasteiger partial charge is 0.498 e. The van der Waals surface area contributed by atoms with Gasteiger partial charge in [-0.25, -0.2) is 4.98 Å². The number of alkyl halides is 3. The number of nitrogens with one attached hydrogen (secondary N) is 1. The van der Waals surface area contributed by atoms with Crippen molar-refractivity contribution in [2.24, 2.45) is 0 Å². The van der Waals surface area contributed by atoms with E-state index in [1.807, 2.05) is 27.7 Å². The minimum absolute atomic E-state index is 0.264. The molecule has 1 aromatic heterocycles. The first-order valence-corrected chi connectivity index (χ1v) is 7.69. The van der Waals surface area contributed by atoms with Crippen molar-refractivity contribution in [2.75, 3.05) is 5.32 Å². The maximum absolute atomic E-state index is 13.0. The molecule has 1 saturated carbocycles. The Balaban J connectivity index is 1.98. The molecule has 0 aromatic carbocycles. The molecule has 1 N–H and O–H groups in total. The van der Waals surface area contributed by atoms with Crippen LogP contribution < -0.4 is 10.8 Å². The van der Waals surface area contributed by atoms with Gasteiger partial charge in [0, 0.05) is 17.7 Å². The molecule has 0 unspecified atom stereocenters. The molecule has 0 radical (unpaired) electrons. The van der Waals surface area contributed by atoms with Crippen molar-refractivity contribution in [3.8, 4) is 0 Å². The second kappa shape index (κ2) is 5.11. The standard InChI is InChI=1S/C15H20BF3N2O2/c1-13(2)14(3,4)23-16(22-13)11-7-9(15(17,18)19)8-20-12(11)21-10-5-6-10/h7-8,10H,5-6H2,1-4H3,(H,20,21). The van der Waals surface area contributed by atoms with Gasteiger partial charge in [-0.2, -0.15) is 13.2 Å². The van der Waals surface area contributed by atoms with Gasteiger partial charge in [0.2, 0.25) is 0 Å². The molecule has 8 heteroatoms. The molecule has 0 atom stereocenters. The van der Waals surface area contributed by atoms with E-state index in [4.69, 9.17) is 9.31 Å². The molecule has 23 heavy (non-hydrogen) atoms.